The Hall–Kier alpha value is -4.13. The second-order valence-electron chi connectivity index (χ2n) is 9.75. The summed E-state index contributed by atoms with van der Waals surface area (Å²) in [6.07, 6.45) is 1.56. The summed E-state index contributed by atoms with van der Waals surface area (Å²) >= 11 is 0. The fourth-order valence-electron chi connectivity index (χ4n) is 5.06. The molecule has 5 rings (SSSR count). The van der Waals surface area contributed by atoms with E-state index in [1.807, 2.05) is 74.5 Å². The van der Waals surface area contributed by atoms with Gasteiger partial charge in [-0.1, -0.05) is 42.5 Å². The van der Waals surface area contributed by atoms with Gasteiger partial charge < -0.3 is 19.9 Å². The molecule has 3 aromatic carbocycles. The van der Waals surface area contributed by atoms with E-state index >= 15 is 0 Å². The Morgan fingerprint density at radius 1 is 1.00 bits per heavy atom. The SMILES string of the molecule is CC(C)Oc1ccc(CNC(=O)c2ccccc2CN2C(=O)[C@H]3CCCN3C(=O)c3ccccc32)cc1. The highest BCUT2D eigenvalue weighted by Gasteiger charge is 2.42. The molecule has 7 heteroatoms. The van der Waals surface area contributed by atoms with Gasteiger partial charge >= 0.3 is 0 Å². The lowest BCUT2D eigenvalue weighted by molar-refractivity contribution is -0.122. The highest BCUT2D eigenvalue weighted by Crippen LogP contribution is 2.33. The van der Waals surface area contributed by atoms with Crippen LogP contribution in [0.25, 0.3) is 0 Å². The number of ether oxygens (including phenoxy) is 1. The lowest BCUT2D eigenvalue weighted by Crippen LogP contribution is -2.44. The van der Waals surface area contributed by atoms with Crippen LogP contribution < -0.4 is 15.0 Å². The van der Waals surface area contributed by atoms with Gasteiger partial charge in [-0.2, -0.15) is 0 Å². The summed E-state index contributed by atoms with van der Waals surface area (Å²) in [6, 6.07) is 21.7. The molecule has 2 heterocycles. The van der Waals surface area contributed by atoms with Crippen LogP contribution in [-0.2, 0) is 17.9 Å². The zero-order chi connectivity index (χ0) is 25.9. The second-order valence-corrected chi connectivity index (χ2v) is 9.75. The predicted molar refractivity (Wildman–Crippen MR) is 142 cm³/mol. The predicted octanol–water partition coefficient (Wildman–Crippen LogP) is 4.56. The van der Waals surface area contributed by atoms with E-state index in [1.54, 1.807) is 21.9 Å². The summed E-state index contributed by atoms with van der Waals surface area (Å²) in [5.74, 6) is 0.365. The highest BCUT2D eigenvalue weighted by atomic mass is 16.5. The normalized spacial score (nSPS) is 16.9. The van der Waals surface area contributed by atoms with Crippen LogP contribution in [0.5, 0.6) is 5.75 Å². The lowest BCUT2D eigenvalue weighted by atomic mass is 10.0. The molecule has 0 spiro atoms. The van der Waals surface area contributed by atoms with Crippen molar-refractivity contribution in [3.05, 3.63) is 95.1 Å². The number of anilines is 1. The van der Waals surface area contributed by atoms with Gasteiger partial charge in [0.1, 0.15) is 11.8 Å². The molecule has 1 atom stereocenters. The van der Waals surface area contributed by atoms with E-state index in [0.29, 0.717) is 36.3 Å². The maximum atomic E-state index is 13.6. The first-order valence-electron chi connectivity index (χ1n) is 12.8. The summed E-state index contributed by atoms with van der Waals surface area (Å²) < 4.78 is 5.68. The van der Waals surface area contributed by atoms with Crippen LogP contribution >= 0.6 is 0 Å². The number of carbonyl (C=O) groups excluding carboxylic acids is 3. The number of hydrogen-bond acceptors (Lipinski definition) is 4. The van der Waals surface area contributed by atoms with Crippen molar-refractivity contribution in [3.8, 4) is 5.75 Å². The van der Waals surface area contributed by atoms with Gasteiger partial charge in [-0.3, -0.25) is 14.4 Å². The molecule has 1 saturated heterocycles. The first kappa shape index (κ1) is 24.6. The molecule has 1 N–H and O–H groups in total. The number of para-hydroxylation sites is 1. The van der Waals surface area contributed by atoms with E-state index < -0.39 is 6.04 Å². The van der Waals surface area contributed by atoms with Gasteiger partial charge in [-0.15, -0.1) is 0 Å². The number of benzene rings is 3. The molecule has 37 heavy (non-hydrogen) atoms. The number of nitrogens with one attached hydrogen (secondary N) is 1. The third-order valence-corrected chi connectivity index (χ3v) is 6.83. The van der Waals surface area contributed by atoms with E-state index in [2.05, 4.69) is 5.32 Å². The fraction of sp³-hybridized carbons (Fsp3) is 0.300. The minimum absolute atomic E-state index is 0.0972. The summed E-state index contributed by atoms with van der Waals surface area (Å²) in [7, 11) is 0. The van der Waals surface area contributed by atoms with Crippen molar-refractivity contribution in [3.63, 3.8) is 0 Å². The third-order valence-electron chi connectivity index (χ3n) is 6.83. The van der Waals surface area contributed by atoms with Crippen molar-refractivity contribution in [1.29, 1.82) is 0 Å². The van der Waals surface area contributed by atoms with Crippen molar-refractivity contribution in [2.24, 2.45) is 0 Å². The van der Waals surface area contributed by atoms with Crippen LogP contribution in [-0.4, -0.2) is 41.3 Å². The number of hydrogen-bond donors (Lipinski definition) is 1. The Kier molecular flexibility index (Phi) is 6.95. The third kappa shape index (κ3) is 5.07. The van der Waals surface area contributed by atoms with Crippen molar-refractivity contribution in [2.75, 3.05) is 11.4 Å². The zero-order valence-electron chi connectivity index (χ0n) is 21.1. The summed E-state index contributed by atoms with van der Waals surface area (Å²) in [5.41, 5.74) is 3.30. The largest absolute Gasteiger partial charge is 0.491 e. The Balaban J connectivity index is 1.36. The quantitative estimate of drug-likeness (QED) is 0.519. The summed E-state index contributed by atoms with van der Waals surface area (Å²) in [5, 5.41) is 2.99. The van der Waals surface area contributed by atoms with Crippen LogP contribution in [0, 0.1) is 0 Å². The highest BCUT2D eigenvalue weighted by molar-refractivity contribution is 6.11. The minimum Gasteiger partial charge on any atom is -0.491 e. The maximum absolute atomic E-state index is 13.6. The average molecular weight is 498 g/mol. The monoisotopic (exact) mass is 497 g/mol. The molecule has 0 saturated carbocycles. The standard InChI is InChI=1S/C30H31N3O4/c1-20(2)37-23-15-13-21(14-16-23)18-31-28(34)24-9-4-3-8-22(24)19-33-26-11-6-5-10-25(26)29(35)32-17-7-12-27(32)30(33)36/h3-6,8-11,13-16,20,27H,7,12,17-19H2,1-2H3,(H,31,34)/t27-/m1/s1. The topological polar surface area (TPSA) is 79.0 Å². The Morgan fingerprint density at radius 2 is 1.73 bits per heavy atom. The molecule has 1 fully saturated rings. The van der Waals surface area contributed by atoms with Crippen molar-refractivity contribution >= 4 is 23.4 Å². The molecule has 0 aliphatic carbocycles. The molecule has 0 unspecified atom stereocenters. The number of amides is 3. The smallest absolute Gasteiger partial charge is 0.256 e. The number of fused-ring (bicyclic) bond motifs is 2. The first-order chi connectivity index (χ1) is 17.9. The van der Waals surface area contributed by atoms with Crippen molar-refractivity contribution < 1.29 is 19.1 Å². The lowest BCUT2D eigenvalue weighted by Gasteiger charge is -2.26. The van der Waals surface area contributed by atoms with Crippen LogP contribution in [0.2, 0.25) is 0 Å². The van der Waals surface area contributed by atoms with Crippen molar-refractivity contribution in [1.82, 2.24) is 10.2 Å². The molecule has 0 radical (unpaired) electrons. The summed E-state index contributed by atoms with van der Waals surface area (Å²) in [6.45, 7) is 5.11. The van der Waals surface area contributed by atoms with E-state index in [9.17, 15) is 14.4 Å². The molecule has 3 aromatic rings. The molecule has 0 aromatic heterocycles. The molecule has 3 amide bonds. The molecule has 2 aliphatic rings. The molecule has 190 valence electrons. The molecule has 0 bridgehead atoms. The van der Waals surface area contributed by atoms with Gasteiger partial charge in [-0.05, 0) is 68.1 Å². The van der Waals surface area contributed by atoms with Gasteiger partial charge in [-0.25, -0.2) is 0 Å². The van der Waals surface area contributed by atoms with E-state index in [1.165, 1.54) is 0 Å². The molecule has 2 aliphatic heterocycles. The molecular weight excluding hydrogens is 466 g/mol. The number of rotatable bonds is 7. The van der Waals surface area contributed by atoms with E-state index in [4.69, 9.17) is 4.74 Å². The maximum Gasteiger partial charge on any atom is 0.256 e. The Labute approximate surface area is 217 Å². The number of carbonyl (C=O) groups is 3. The van der Waals surface area contributed by atoms with Crippen LogP contribution in [0.1, 0.15) is 58.5 Å². The van der Waals surface area contributed by atoms with Gasteiger partial charge in [0.05, 0.1) is 23.9 Å². The van der Waals surface area contributed by atoms with Crippen LogP contribution in [0.3, 0.4) is 0 Å². The van der Waals surface area contributed by atoms with E-state index in [0.717, 1.165) is 23.3 Å². The first-order valence-corrected chi connectivity index (χ1v) is 12.8. The number of nitrogens with zero attached hydrogens (tertiary/aromatic N) is 2. The van der Waals surface area contributed by atoms with Crippen LogP contribution in [0.15, 0.2) is 72.8 Å². The molecular formula is C30H31N3O4. The van der Waals surface area contributed by atoms with Gasteiger partial charge in [0.25, 0.3) is 11.8 Å². The Bertz CT molecular complexity index is 1320. The second kappa shape index (κ2) is 10.5. The molecule has 7 nitrogen and oxygen atoms in total. The zero-order valence-corrected chi connectivity index (χ0v) is 21.1. The van der Waals surface area contributed by atoms with Crippen molar-refractivity contribution in [2.45, 2.75) is 51.9 Å². The Morgan fingerprint density at radius 3 is 2.51 bits per heavy atom. The van der Waals surface area contributed by atoms with Crippen LogP contribution in [0.4, 0.5) is 5.69 Å². The fourth-order valence-corrected chi connectivity index (χ4v) is 5.06. The minimum atomic E-state index is -0.469. The van der Waals surface area contributed by atoms with Gasteiger partial charge in [0.2, 0.25) is 5.91 Å². The van der Waals surface area contributed by atoms with E-state index in [-0.39, 0.29) is 30.4 Å². The average Bonchev–Trinajstić information content (AvgIpc) is 3.38. The summed E-state index contributed by atoms with van der Waals surface area (Å²) in [4.78, 5) is 43.4. The van der Waals surface area contributed by atoms with Gasteiger partial charge in [0.15, 0.2) is 0 Å². The van der Waals surface area contributed by atoms with Gasteiger partial charge in [0, 0.05) is 18.7 Å².